The molecule has 1 aliphatic rings. The normalized spacial score (nSPS) is 22.5. The molecule has 2 atom stereocenters. The van der Waals surface area contributed by atoms with Crippen molar-refractivity contribution in [1.29, 1.82) is 0 Å². The fourth-order valence-corrected chi connectivity index (χ4v) is 2.38. The Hall–Kier alpha value is -1.18. The van der Waals surface area contributed by atoms with Crippen molar-refractivity contribution in [2.45, 2.75) is 24.9 Å². The van der Waals surface area contributed by atoms with Gasteiger partial charge in [-0.15, -0.1) is 0 Å². The monoisotopic (exact) mass is 246 g/mol. The third kappa shape index (κ3) is 2.16. The van der Waals surface area contributed by atoms with Crippen molar-refractivity contribution in [3.8, 4) is 0 Å². The second-order valence-electron chi connectivity index (χ2n) is 3.69. The molecule has 2 unspecified atom stereocenters. The molecule has 0 amide bonds. The van der Waals surface area contributed by atoms with Crippen molar-refractivity contribution in [2.75, 3.05) is 0 Å². The minimum Gasteiger partial charge on any atom is -0.226 e. The number of thiocarbonyl (C=S) groups is 2. The van der Waals surface area contributed by atoms with E-state index in [0.29, 0.717) is 0 Å². The van der Waals surface area contributed by atoms with Crippen LogP contribution in [0.2, 0.25) is 0 Å². The molecule has 0 radical (unpaired) electrons. The van der Waals surface area contributed by atoms with Crippen molar-refractivity contribution in [3.05, 3.63) is 35.4 Å². The van der Waals surface area contributed by atoms with Gasteiger partial charge in [-0.25, -0.2) is 9.98 Å². The van der Waals surface area contributed by atoms with Gasteiger partial charge >= 0.3 is 0 Å². The van der Waals surface area contributed by atoms with E-state index in [9.17, 15) is 0 Å². The molecule has 4 heteroatoms. The van der Waals surface area contributed by atoms with Crippen LogP contribution in [0.15, 0.2) is 34.3 Å². The molecule has 80 valence electrons. The largest absolute Gasteiger partial charge is 0.226 e. The minimum absolute atomic E-state index is 0.0436. The van der Waals surface area contributed by atoms with Crippen LogP contribution in [0, 0.1) is 0 Å². The van der Waals surface area contributed by atoms with Crippen molar-refractivity contribution >= 4 is 34.8 Å². The summed E-state index contributed by atoms with van der Waals surface area (Å²) in [6.07, 6.45) is 1.94. The summed E-state index contributed by atoms with van der Waals surface area (Å²) in [5.41, 5.74) is 2.50. The van der Waals surface area contributed by atoms with Gasteiger partial charge in [-0.2, -0.15) is 0 Å². The Morgan fingerprint density at radius 1 is 1.12 bits per heavy atom. The van der Waals surface area contributed by atoms with Crippen molar-refractivity contribution in [1.82, 2.24) is 0 Å². The first-order chi connectivity index (χ1) is 7.86. The van der Waals surface area contributed by atoms with Crippen LogP contribution in [-0.2, 0) is 6.42 Å². The minimum atomic E-state index is -0.0436. The molecule has 2 rings (SSSR count). The van der Waals surface area contributed by atoms with Crippen LogP contribution in [0.1, 0.15) is 23.6 Å². The lowest BCUT2D eigenvalue weighted by atomic mass is 9.85. The molecule has 0 saturated heterocycles. The third-order valence-electron chi connectivity index (χ3n) is 2.86. The molecule has 0 fully saturated rings. The molecule has 0 aliphatic heterocycles. The highest BCUT2D eigenvalue weighted by atomic mass is 32.1. The van der Waals surface area contributed by atoms with Crippen LogP contribution in [-0.4, -0.2) is 16.4 Å². The number of isothiocyanates is 2. The number of benzene rings is 1. The van der Waals surface area contributed by atoms with Crippen molar-refractivity contribution in [2.24, 2.45) is 9.98 Å². The topological polar surface area (TPSA) is 24.7 Å². The molecular formula is C12H10N2S2. The summed E-state index contributed by atoms with van der Waals surface area (Å²) in [6.45, 7) is 0. The Kier molecular flexibility index (Phi) is 3.70. The summed E-state index contributed by atoms with van der Waals surface area (Å²) in [4.78, 5) is 8.38. The van der Waals surface area contributed by atoms with Gasteiger partial charge in [-0.3, -0.25) is 0 Å². The number of nitrogens with zero attached hydrogens (tertiary/aromatic N) is 2. The zero-order valence-electron chi connectivity index (χ0n) is 8.59. The maximum absolute atomic E-state index is 4.69. The predicted molar refractivity (Wildman–Crippen MR) is 71.3 cm³/mol. The molecule has 0 N–H and O–H groups in total. The van der Waals surface area contributed by atoms with E-state index in [1.54, 1.807) is 0 Å². The molecule has 1 aliphatic carbocycles. The number of aryl methyl sites for hydroxylation is 1. The van der Waals surface area contributed by atoms with E-state index in [-0.39, 0.29) is 12.1 Å². The van der Waals surface area contributed by atoms with Crippen LogP contribution in [0.3, 0.4) is 0 Å². The average molecular weight is 246 g/mol. The highest BCUT2D eigenvalue weighted by Gasteiger charge is 2.28. The van der Waals surface area contributed by atoms with Gasteiger partial charge in [0.2, 0.25) is 0 Å². The zero-order chi connectivity index (χ0) is 11.4. The summed E-state index contributed by atoms with van der Waals surface area (Å²) in [5, 5.41) is 4.90. The zero-order valence-corrected chi connectivity index (χ0v) is 10.2. The van der Waals surface area contributed by atoms with Gasteiger partial charge in [-0.1, -0.05) is 24.3 Å². The maximum atomic E-state index is 4.69. The molecule has 2 nitrogen and oxygen atoms in total. The average Bonchev–Trinajstić information content (AvgIpc) is 2.32. The summed E-state index contributed by atoms with van der Waals surface area (Å²) in [5.74, 6) is 0. The Morgan fingerprint density at radius 3 is 2.62 bits per heavy atom. The van der Waals surface area contributed by atoms with E-state index >= 15 is 0 Å². The SMILES string of the molecule is S=C=NC1CCc2ccccc2C1N=C=S. The van der Waals surface area contributed by atoms with E-state index in [1.807, 2.05) is 12.1 Å². The molecule has 1 aromatic carbocycles. The number of rotatable bonds is 2. The second-order valence-corrected chi connectivity index (χ2v) is 4.06. The molecule has 0 aromatic heterocycles. The van der Waals surface area contributed by atoms with Crippen molar-refractivity contribution in [3.63, 3.8) is 0 Å². The second kappa shape index (κ2) is 5.24. The summed E-state index contributed by atoms with van der Waals surface area (Å²) < 4.78 is 0. The molecule has 0 spiro atoms. The Bertz CT molecular complexity index is 486. The van der Waals surface area contributed by atoms with Gasteiger partial charge in [0.25, 0.3) is 0 Å². The Labute approximate surface area is 105 Å². The van der Waals surface area contributed by atoms with E-state index in [0.717, 1.165) is 12.8 Å². The summed E-state index contributed by atoms with van der Waals surface area (Å²) >= 11 is 9.36. The van der Waals surface area contributed by atoms with Crippen LogP contribution in [0.4, 0.5) is 0 Å². The highest BCUT2D eigenvalue weighted by Crippen LogP contribution is 2.34. The van der Waals surface area contributed by atoms with Crippen LogP contribution in [0.25, 0.3) is 0 Å². The first-order valence-corrected chi connectivity index (χ1v) is 5.90. The fraction of sp³-hybridized carbons (Fsp3) is 0.333. The maximum Gasteiger partial charge on any atom is 0.109 e. The molecular weight excluding hydrogens is 236 g/mol. The Balaban J connectivity index is 2.46. The van der Waals surface area contributed by atoms with Crippen molar-refractivity contribution < 1.29 is 0 Å². The number of hydrogen-bond acceptors (Lipinski definition) is 4. The van der Waals surface area contributed by atoms with Gasteiger partial charge < -0.3 is 0 Å². The van der Waals surface area contributed by atoms with E-state index in [1.165, 1.54) is 11.1 Å². The van der Waals surface area contributed by atoms with E-state index in [4.69, 9.17) is 12.2 Å². The van der Waals surface area contributed by atoms with Gasteiger partial charge in [0.1, 0.15) is 6.04 Å². The van der Waals surface area contributed by atoms with Crippen LogP contribution < -0.4 is 0 Å². The van der Waals surface area contributed by atoms with E-state index in [2.05, 4.69) is 44.7 Å². The summed E-state index contributed by atoms with van der Waals surface area (Å²) in [6, 6.07) is 8.26. The highest BCUT2D eigenvalue weighted by molar-refractivity contribution is 7.78. The first-order valence-electron chi connectivity index (χ1n) is 5.08. The number of hydrogen-bond donors (Lipinski definition) is 0. The van der Waals surface area contributed by atoms with Gasteiger partial charge in [0.05, 0.1) is 16.4 Å². The quantitative estimate of drug-likeness (QED) is 0.591. The van der Waals surface area contributed by atoms with Gasteiger partial charge in [-0.05, 0) is 48.4 Å². The lowest BCUT2D eigenvalue weighted by Gasteiger charge is -2.26. The molecule has 0 bridgehead atoms. The lowest BCUT2D eigenvalue weighted by molar-refractivity contribution is 0.490. The smallest absolute Gasteiger partial charge is 0.109 e. The fourth-order valence-electron chi connectivity index (χ4n) is 2.13. The predicted octanol–water partition coefficient (Wildman–Crippen LogP) is 3.25. The molecule has 0 heterocycles. The number of aliphatic imine (C=N–C) groups is 2. The molecule has 0 saturated carbocycles. The standard InChI is InChI=1S/C12H10N2S2/c15-7-13-11-6-5-9-3-1-2-4-10(9)12(11)14-8-16/h1-4,11-12H,5-6H2. The van der Waals surface area contributed by atoms with E-state index < -0.39 is 0 Å². The number of fused-ring (bicyclic) bond motifs is 1. The molecule has 1 aromatic rings. The first kappa shape index (κ1) is 11.3. The van der Waals surface area contributed by atoms with Crippen LogP contribution >= 0.6 is 24.4 Å². The van der Waals surface area contributed by atoms with Gasteiger partial charge in [0.15, 0.2) is 0 Å². The van der Waals surface area contributed by atoms with Crippen LogP contribution in [0.5, 0.6) is 0 Å². The molecule has 16 heavy (non-hydrogen) atoms. The Morgan fingerprint density at radius 2 is 1.88 bits per heavy atom. The summed E-state index contributed by atoms with van der Waals surface area (Å²) in [7, 11) is 0. The van der Waals surface area contributed by atoms with Gasteiger partial charge in [0, 0.05) is 0 Å². The third-order valence-corrected chi connectivity index (χ3v) is 3.07. The lowest BCUT2D eigenvalue weighted by Crippen LogP contribution is -2.22.